The van der Waals surface area contributed by atoms with Crippen molar-refractivity contribution in [2.24, 2.45) is 11.7 Å². The van der Waals surface area contributed by atoms with Gasteiger partial charge in [0.1, 0.15) is 0 Å². The van der Waals surface area contributed by atoms with Crippen LogP contribution in [0.25, 0.3) is 0 Å². The molecule has 1 saturated carbocycles. The van der Waals surface area contributed by atoms with Crippen LogP contribution in [0.2, 0.25) is 0 Å². The lowest BCUT2D eigenvalue weighted by Gasteiger charge is -2.20. The van der Waals surface area contributed by atoms with E-state index in [4.69, 9.17) is 5.73 Å². The minimum absolute atomic E-state index is 0. The molecule has 106 valence electrons. The molecule has 2 rings (SSSR count). The minimum Gasteiger partial charge on any atom is -0.349 e. The fourth-order valence-corrected chi connectivity index (χ4v) is 2.91. The second kappa shape index (κ2) is 7.27. The van der Waals surface area contributed by atoms with Gasteiger partial charge < -0.3 is 11.1 Å². The molecule has 1 fully saturated rings. The van der Waals surface area contributed by atoms with E-state index >= 15 is 0 Å². The van der Waals surface area contributed by atoms with Gasteiger partial charge in [0, 0.05) is 10.5 Å². The summed E-state index contributed by atoms with van der Waals surface area (Å²) in [4.78, 5) is 12.1. The third kappa shape index (κ3) is 4.20. The monoisotopic (exact) mass is 346 g/mol. The molecule has 0 heterocycles. The number of benzene rings is 1. The Morgan fingerprint density at radius 3 is 2.79 bits per heavy atom. The van der Waals surface area contributed by atoms with Gasteiger partial charge in [-0.2, -0.15) is 0 Å². The average Bonchev–Trinajstić information content (AvgIpc) is 2.75. The molecule has 3 atom stereocenters. The van der Waals surface area contributed by atoms with Crippen molar-refractivity contribution < 1.29 is 4.79 Å². The first-order chi connectivity index (χ1) is 8.58. The number of nitrogens with one attached hydrogen (secondary N) is 1. The molecule has 0 saturated heterocycles. The van der Waals surface area contributed by atoms with Gasteiger partial charge in [-0.15, -0.1) is 12.4 Å². The van der Waals surface area contributed by atoms with E-state index in [1.165, 1.54) is 0 Å². The number of carbonyl (C=O) groups is 1. The Balaban J connectivity index is 0.00000180. The molecule has 0 bridgehead atoms. The van der Waals surface area contributed by atoms with Crippen LogP contribution in [0.1, 0.15) is 37.8 Å². The Labute approximate surface area is 128 Å². The summed E-state index contributed by atoms with van der Waals surface area (Å²) in [5.41, 5.74) is 7.05. The lowest BCUT2D eigenvalue weighted by Crippen LogP contribution is -2.39. The maximum atomic E-state index is 12.1. The minimum atomic E-state index is -0.0143. The molecule has 0 aliphatic heterocycles. The van der Waals surface area contributed by atoms with Gasteiger partial charge >= 0.3 is 0 Å². The van der Waals surface area contributed by atoms with Crippen molar-refractivity contribution >= 4 is 34.2 Å². The highest BCUT2D eigenvalue weighted by Gasteiger charge is 2.30. The molecular formula is C14H20BrClN2O. The molecule has 5 heteroatoms. The van der Waals surface area contributed by atoms with E-state index in [0.29, 0.717) is 0 Å². The van der Waals surface area contributed by atoms with Gasteiger partial charge in [-0.05, 0) is 37.5 Å². The van der Waals surface area contributed by atoms with Crippen molar-refractivity contribution in [3.63, 3.8) is 0 Å². The molecule has 1 aromatic rings. The number of amides is 1. The van der Waals surface area contributed by atoms with Gasteiger partial charge in [0.2, 0.25) is 5.91 Å². The highest BCUT2D eigenvalue weighted by atomic mass is 79.9. The summed E-state index contributed by atoms with van der Waals surface area (Å²) in [6.07, 6.45) is 2.94. The molecule has 19 heavy (non-hydrogen) atoms. The van der Waals surface area contributed by atoms with Crippen molar-refractivity contribution in [2.75, 3.05) is 0 Å². The van der Waals surface area contributed by atoms with Gasteiger partial charge in [0.05, 0.1) is 12.0 Å². The third-order valence-electron chi connectivity index (χ3n) is 3.61. The topological polar surface area (TPSA) is 55.1 Å². The molecule has 1 aliphatic carbocycles. The van der Waals surface area contributed by atoms with E-state index < -0.39 is 0 Å². The van der Waals surface area contributed by atoms with E-state index in [-0.39, 0.29) is 36.3 Å². The van der Waals surface area contributed by atoms with Gasteiger partial charge in [-0.1, -0.05) is 34.5 Å². The maximum Gasteiger partial charge on any atom is 0.225 e. The van der Waals surface area contributed by atoms with Crippen LogP contribution in [0, 0.1) is 5.92 Å². The Hall–Kier alpha value is -0.580. The molecule has 3 N–H and O–H groups in total. The lowest BCUT2D eigenvalue weighted by atomic mass is 10.0. The first kappa shape index (κ1) is 16.5. The molecular weight excluding hydrogens is 328 g/mol. The SMILES string of the molecule is CC(NC(=O)C1CCCC1N)c1cccc(Br)c1.Cl. The fourth-order valence-electron chi connectivity index (χ4n) is 2.49. The van der Waals surface area contributed by atoms with Crippen molar-refractivity contribution in [2.45, 2.75) is 38.3 Å². The number of hydrogen-bond donors (Lipinski definition) is 2. The van der Waals surface area contributed by atoms with Crippen LogP contribution in [0.3, 0.4) is 0 Å². The van der Waals surface area contributed by atoms with Crippen LogP contribution in [-0.4, -0.2) is 11.9 Å². The molecule has 0 radical (unpaired) electrons. The summed E-state index contributed by atoms with van der Waals surface area (Å²) in [5.74, 6) is 0.0760. The molecule has 1 aromatic carbocycles. The van der Waals surface area contributed by atoms with Crippen molar-refractivity contribution in [3.05, 3.63) is 34.3 Å². The third-order valence-corrected chi connectivity index (χ3v) is 4.11. The summed E-state index contributed by atoms with van der Waals surface area (Å²) < 4.78 is 1.03. The van der Waals surface area contributed by atoms with Gasteiger partial charge in [0.15, 0.2) is 0 Å². The van der Waals surface area contributed by atoms with E-state index in [9.17, 15) is 4.79 Å². The molecule has 1 aliphatic rings. The van der Waals surface area contributed by atoms with Crippen molar-refractivity contribution in [1.82, 2.24) is 5.32 Å². The smallest absolute Gasteiger partial charge is 0.225 e. The number of rotatable bonds is 3. The summed E-state index contributed by atoms with van der Waals surface area (Å²) in [6, 6.07) is 8.04. The summed E-state index contributed by atoms with van der Waals surface area (Å²) in [6.45, 7) is 2.00. The predicted octanol–water partition coefficient (Wildman–Crippen LogP) is 3.18. The second-order valence-corrected chi connectivity index (χ2v) is 5.90. The molecule has 0 spiro atoms. The van der Waals surface area contributed by atoms with Crippen LogP contribution in [0.4, 0.5) is 0 Å². The molecule has 3 unspecified atom stereocenters. The Kier molecular flexibility index (Phi) is 6.30. The quantitative estimate of drug-likeness (QED) is 0.882. The van der Waals surface area contributed by atoms with Crippen LogP contribution >= 0.6 is 28.3 Å². The zero-order valence-corrected chi connectivity index (χ0v) is 13.3. The number of hydrogen-bond acceptors (Lipinski definition) is 2. The number of halogens is 2. The molecule has 0 aromatic heterocycles. The number of carbonyl (C=O) groups excluding carboxylic acids is 1. The van der Waals surface area contributed by atoms with E-state index in [1.54, 1.807) is 0 Å². The summed E-state index contributed by atoms with van der Waals surface area (Å²) in [5, 5.41) is 3.06. The zero-order valence-electron chi connectivity index (χ0n) is 10.9. The molecule has 3 nitrogen and oxygen atoms in total. The van der Waals surface area contributed by atoms with Crippen LogP contribution in [-0.2, 0) is 4.79 Å². The van der Waals surface area contributed by atoms with Crippen molar-refractivity contribution in [3.8, 4) is 0 Å². The van der Waals surface area contributed by atoms with Crippen LogP contribution in [0.15, 0.2) is 28.7 Å². The fraction of sp³-hybridized carbons (Fsp3) is 0.500. The maximum absolute atomic E-state index is 12.1. The highest BCUT2D eigenvalue weighted by molar-refractivity contribution is 9.10. The van der Waals surface area contributed by atoms with Crippen LogP contribution < -0.4 is 11.1 Å². The van der Waals surface area contributed by atoms with Gasteiger partial charge in [0.25, 0.3) is 0 Å². The largest absolute Gasteiger partial charge is 0.349 e. The van der Waals surface area contributed by atoms with E-state index in [0.717, 1.165) is 29.3 Å². The Morgan fingerprint density at radius 2 is 2.21 bits per heavy atom. The first-order valence-electron chi connectivity index (χ1n) is 6.39. The highest BCUT2D eigenvalue weighted by Crippen LogP contribution is 2.25. The van der Waals surface area contributed by atoms with Gasteiger partial charge in [-0.3, -0.25) is 4.79 Å². The van der Waals surface area contributed by atoms with Gasteiger partial charge in [-0.25, -0.2) is 0 Å². The zero-order chi connectivity index (χ0) is 13.1. The number of nitrogens with two attached hydrogens (primary N) is 1. The van der Waals surface area contributed by atoms with Crippen LogP contribution in [0.5, 0.6) is 0 Å². The van der Waals surface area contributed by atoms with E-state index in [1.807, 2.05) is 31.2 Å². The summed E-state index contributed by atoms with van der Waals surface area (Å²) in [7, 11) is 0. The lowest BCUT2D eigenvalue weighted by molar-refractivity contribution is -0.125. The Morgan fingerprint density at radius 1 is 1.47 bits per heavy atom. The second-order valence-electron chi connectivity index (χ2n) is 4.99. The molecule has 1 amide bonds. The summed E-state index contributed by atoms with van der Waals surface area (Å²) >= 11 is 3.44. The standard InChI is InChI=1S/C14H19BrN2O.ClH/c1-9(10-4-2-5-11(15)8-10)17-14(18)12-6-3-7-13(12)16;/h2,4-5,8-9,12-13H,3,6-7,16H2,1H3,(H,17,18);1H. The predicted molar refractivity (Wildman–Crippen MR) is 83.3 cm³/mol. The Bertz CT molecular complexity index is 441. The first-order valence-corrected chi connectivity index (χ1v) is 7.18. The van der Waals surface area contributed by atoms with Crippen molar-refractivity contribution in [1.29, 1.82) is 0 Å². The van der Waals surface area contributed by atoms with E-state index in [2.05, 4.69) is 21.2 Å². The normalized spacial score (nSPS) is 23.5. The average molecular weight is 348 g/mol.